The predicted molar refractivity (Wildman–Crippen MR) is 111 cm³/mol. The second-order valence-electron chi connectivity index (χ2n) is 7.49. The summed E-state index contributed by atoms with van der Waals surface area (Å²) in [5.41, 5.74) is 1.23. The highest BCUT2D eigenvalue weighted by Crippen LogP contribution is 2.30. The minimum Gasteiger partial charge on any atom is -0.497 e. The normalized spacial score (nSPS) is 20.0. The Kier molecular flexibility index (Phi) is 7.39. The van der Waals surface area contributed by atoms with Gasteiger partial charge in [-0.15, -0.1) is 0 Å². The molecule has 1 aromatic carbocycles. The van der Waals surface area contributed by atoms with E-state index in [0.717, 1.165) is 55.6 Å². The zero-order valence-corrected chi connectivity index (χ0v) is 17.4. The smallest absolute Gasteiger partial charge is 0.191 e. The number of methoxy groups -OCH3 is 2. The molecule has 0 amide bonds. The van der Waals surface area contributed by atoms with E-state index in [1.807, 2.05) is 25.2 Å². The monoisotopic (exact) mass is 390 g/mol. The zero-order valence-electron chi connectivity index (χ0n) is 17.4. The van der Waals surface area contributed by atoms with Crippen LogP contribution < -0.4 is 20.1 Å². The number of guanidine groups is 1. The first-order valence-corrected chi connectivity index (χ1v) is 10.2. The van der Waals surface area contributed by atoms with Crippen LogP contribution in [0, 0.1) is 0 Å². The molecule has 2 saturated heterocycles. The standard InChI is InChI=1S/C21H34N4O3/c1-22-20(23-15-17-6-7-18(26-2)14-19(17)27-3)24-16-21(8-12-28-13-9-21)25-10-4-5-11-25/h6-7,14H,4-5,8-13,15-16H2,1-3H3,(H2,22,23,24). The molecule has 2 fully saturated rings. The largest absolute Gasteiger partial charge is 0.497 e. The summed E-state index contributed by atoms with van der Waals surface area (Å²) >= 11 is 0. The minimum atomic E-state index is 0.171. The summed E-state index contributed by atoms with van der Waals surface area (Å²) in [6, 6.07) is 5.86. The number of rotatable bonds is 7. The van der Waals surface area contributed by atoms with Crippen molar-refractivity contribution in [3.8, 4) is 11.5 Å². The summed E-state index contributed by atoms with van der Waals surface area (Å²) in [5, 5.41) is 6.98. The van der Waals surface area contributed by atoms with Crippen molar-refractivity contribution in [1.82, 2.24) is 15.5 Å². The molecule has 2 aliphatic heterocycles. The molecular formula is C21H34N4O3. The second kappa shape index (κ2) is 9.98. The van der Waals surface area contributed by atoms with E-state index >= 15 is 0 Å². The molecule has 0 aliphatic carbocycles. The van der Waals surface area contributed by atoms with E-state index in [2.05, 4.69) is 20.5 Å². The van der Waals surface area contributed by atoms with Crippen molar-refractivity contribution in [3.05, 3.63) is 23.8 Å². The molecule has 0 radical (unpaired) electrons. The maximum absolute atomic E-state index is 5.64. The number of ether oxygens (including phenoxy) is 3. The lowest BCUT2D eigenvalue weighted by molar-refractivity contribution is -0.0164. The third kappa shape index (κ3) is 4.89. The van der Waals surface area contributed by atoms with E-state index in [1.165, 1.54) is 25.9 Å². The highest BCUT2D eigenvalue weighted by molar-refractivity contribution is 5.79. The van der Waals surface area contributed by atoms with Crippen molar-refractivity contribution in [1.29, 1.82) is 0 Å². The van der Waals surface area contributed by atoms with Crippen LogP contribution in [0.5, 0.6) is 11.5 Å². The van der Waals surface area contributed by atoms with E-state index in [-0.39, 0.29) is 5.54 Å². The molecule has 3 rings (SSSR count). The predicted octanol–water partition coefficient (Wildman–Crippen LogP) is 2.01. The summed E-state index contributed by atoms with van der Waals surface area (Å²) in [7, 11) is 5.15. The lowest BCUT2D eigenvalue weighted by Gasteiger charge is -2.45. The van der Waals surface area contributed by atoms with Crippen LogP contribution >= 0.6 is 0 Å². The van der Waals surface area contributed by atoms with Crippen molar-refractivity contribution in [3.63, 3.8) is 0 Å². The fourth-order valence-corrected chi connectivity index (χ4v) is 4.19. The van der Waals surface area contributed by atoms with Crippen LogP contribution in [0.3, 0.4) is 0 Å². The van der Waals surface area contributed by atoms with Crippen LogP contribution in [0.4, 0.5) is 0 Å². The van der Waals surface area contributed by atoms with E-state index < -0.39 is 0 Å². The molecule has 1 aromatic rings. The van der Waals surface area contributed by atoms with E-state index in [9.17, 15) is 0 Å². The summed E-state index contributed by atoms with van der Waals surface area (Å²) in [6.45, 7) is 5.58. The average Bonchev–Trinajstić information content (AvgIpc) is 3.30. The van der Waals surface area contributed by atoms with Gasteiger partial charge in [-0.05, 0) is 50.9 Å². The Hall–Kier alpha value is -1.99. The Labute approximate surface area is 168 Å². The van der Waals surface area contributed by atoms with Gasteiger partial charge in [-0.1, -0.05) is 0 Å². The summed E-state index contributed by atoms with van der Waals surface area (Å²) in [6.07, 6.45) is 4.74. The molecule has 2 aliphatic rings. The van der Waals surface area contributed by atoms with Gasteiger partial charge in [0.15, 0.2) is 5.96 Å². The highest BCUT2D eigenvalue weighted by Gasteiger charge is 2.39. The maximum Gasteiger partial charge on any atom is 0.191 e. The number of benzene rings is 1. The van der Waals surface area contributed by atoms with Crippen LogP contribution in [0.2, 0.25) is 0 Å². The van der Waals surface area contributed by atoms with Crippen molar-refractivity contribution < 1.29 is 14.2 Å². The van der Waals surface area contributed by atoms with E-state index in [1.54, 1.807) is 14.2 Å². The first kappa shape index (κ1) is 20.7. The van der Waals surface area contributed by atoms with Gasteiger partial charge in [-0.3, -0.25) is 9.89 Å². The summed E-state index contributed by atoms with van der Waals surface area (Å²) in [4.78, 5) is 7.07. The summed E-state index contributed by atoms with van der Waals surface area (Å²) < 4.78 is 16.4. The molecule has 0 atom stereocenters. The molecule has 0 bridgehead atoms. The first-order valence-electron chi connectivity index (χ1n) is 10.2. The summed E-state index contributed by atoms with van der Waals surface area (Å²) in [5.74, 6) is 2.40. The van der Waals surface area contributed by atoms with Crippen LogP contribution in [0.15, 0.2) is 23.2 Å². The average molecular weight is 391 g/mol. The van der Waals surface area contributed by atoms with Crippen LogP contribution in [0.25, 0.3) is 0 Å². The van der Waals surface area contributed by atoms with Gasteiger partial charge in [0, 0.05) is 50.5 Å². The molecule has 7 heteroatoms. The Balaban J connectivity index is 1.59. The van der Waals surface area contributed by atoms with Crippen molar-refractivity contribution in [2.45, 2.75) is 37.8 Å². The second-order valence-corrected chi connectivity index (χ2v) is 7.49. The minimum absolute atomic E-state index is 0.171. The Bertz CT molecular complexity index is 653. The van der Waals surface area contributed by atoms with Crippen LogP contribution in [-0.2, 0) is 11.3 Å². The Morgan fingerprint density at radius 3 is 2.54 bits per heavy atom. The molecule has 0 unspecified atom stereocenters. The lowest BCUT2D eigenvalue weighted by Crippen LogP contribution is -2.58. The molecule has 28 heavy (non-hydrogen) atoms. The third-order valence-electron chi connectivity index (χ3n) is 5.95. The molecule has 2 N–H and O–H groups in total. The quantitative estimate of drug-likeness (QED) is 0.548. The molecule has 0 spiro atoms. The first-order chi connectivity index (χ1) is 13.7. The van der Waals surface area contributed by atoms with E-state index in [4.69, 9.17) is 14.2 Å². The number of hydrogen-bond donors (Lipinski definition) is 2. The molecule has 7 nitrogen and oxygen atoms in total. The van der Waals surface area contributed by atoms with Crippen LogP contribution in [0.1, 0.15) is 31.2 Å². The van der Waals surface area contributed by atoms with Gasteiger partial charge >= 0.3 is 0 Å². The van der Waals surface area contributed by atoms with Gasteiger partial charge in [0.2, 0.25) is 0 Å². The molecule has 0 aromatic heterocycles. The topological polar surface area (TPSA) is 67.4 Å². The van der Waals surface area contributed by atoms with Gasteiger partial charge in [-0.2, -0.15) is 0 Å². The van der Waals surface area contributed by atoms with Gasteiger partial charge in [0.05, 0.1) is 14.2 Å². The Morgan fingerprint density at radius 2 is 1.89 bits per heavy atom. The lowest BCUT2D eigenvalue weighted by atomic mass is 9.88. The third-order valence-corrected chi connectivity index (χ3v) is 5.95. The molecular weight excluding hydrogens is 356 g/mol. The number of nitrogens with zero attached hydrogens (tertiary/aromatic N) is 2. The van der Waals surface area contributed by atoms with Gasteiger partial charge in [0.1, 0.15) is 11.5 Å². The van der Waals surface area contributed by atoms with Crippen LogP contribution in [-0.4, -0.2) is 70.5 Å². The number of hydrogen-bond acceptors (Lipinski definition) is 5. The van der Waals surface area contributed by atoms with Gasteiger partial charge in [-0.25, -0.2) is 0 Å². The molecule has 2 heterocycles. The fourth-order valence-electron chi connectivity index (χ4n) is 4.19. The van der Waals surface area contributed by atoms with Gasteiger partial charge < -0.3 is 24.8 Å². The van der Waals surface area contributed by atoms with Gasteiger partial charge in [0.25, 0.3) is 0 Å². The molecule has 156 valence electrons. The number of nitrogens with one attached hydrogen (secondary N) is 2. The highest BCUT2D eigenvalue weighted by atomic mass is 16.5. The molecule has 0 saturated carbocycles. The number of likely N-dealkylation sites (tertiary alicyclic amines) is 1. The fraction of sp³-hybridized carbons (Fsp3) is 0.667. The van der Waals surface area contributed by atoms with Crippen molar-refractivity contribution in [2.75, 3.05) is 54.1 Å². The number of aliphatic imine (C=N–C) groups is 1. The van der Waals surface area contributed by atoms with E-state index in [0.29, 0.717) is 6.54 Å². The van der Waals surface area contributed by atoms with Crippen molar-refractivity contribution in [2.24, 2.45) is 4.99 Å². The van der Waals surface area contributed by atoms with Crippen molar-refractivity contribution >= 4 is 5.96 Å². The zero-order chi connectivity index (χ0) is 19.8. The SMILES string of the molecule is CN=C(NCc1ccc(OC)cc1OC)NCC1(N2CCCC2)CCOCC1. The maximum atomic E-state index is 5.64. The Morgan fingerprint density at radius 1 is 1.14 bits per heavy atom.